The molecule has 0 bridgehead atoms. The number of nitrogens with one attached hydrogen (secondary N) is 1. The predicted molar refractivity (Wildman–Crippen MR) is 117 cm³/mol. The molecule has 2 aliphatic rings. The van der Waals surface area contributed by atoms with Crippen LogP contribution in [-0.4, -0.2) is 57.3 Å². The molecule has 0 atom stereocenters. The van der Waals surface area contributed by atoms with Crippen LogP contribution < -0.4 is 10.2 Å². The van der Waals surface area contributed by atoms with Crippen molar-refractivity contribution in [2.75, 3.05) is 36.4 Å². The predicted octanol–water partition coefficient (Wildman–Crippen LogP) is 2.85. The molecule has 2 aromatic heterocycles. The van der Waals surface area contributed by atoms with Gasteiger partial charge in [-0.2, -0.15) is 0 Å². The van der Waals surface area contributed by atoms with E-state index in [-0.39, 0.29) is 5.92 Å². The average molecular weight is 422 g/mol. The van der Waals surface area contributed by atoms with Crippen molar-refractivity contribution < 1.29 is 9.42 Å². The summed E-state index contributed by atoms with van der Waals surface area (Å²) in [5, 5.41) is 11.1. The first-order chi connectivity index (χ1) is 15.3. The Bertz CT molecular complexity index is 1020. The van der Waals surface area contributed by atoms with Crippen molar-refractivity contribution in [2.24, 2.45) is 5.92 Å². The Morgan fingerprint density at radius 3 is 2.42 bits per heavy atom. The summed E-state index contributed by atoms with van der Waals surface area (Å²) in [6, 6.07) is 10.1. The number of aromatic nitrogens is 4. The number of carbonyl (C=O) groups is 1. The lowest BCUT2D eigenvalue weighted by Crippen LogP contribution is -2.44. The lowest BCUT2D eigenvalue weighted by Gasteiger charge is -2.36. The molecular formula is C22H27N7O2. The van der Waals surface area contributed by atoms with Crippen molar-refractivity contribution in [1.82, 2.24) is 25.2 Å². The fourth-order valence-electron chi connectivity index (χ4n) is 4.46. The van der Waals surface area contributed by atoms with Crippen LogP contribution in [0.3, 0.4) is 0 Å². The van der Waals surface area contributed by atoms with E-state index in [1.54, 1.807) is 0 Å². The first kappa shape index (κ1) is 19.7. The van der Waals surface area contributed by atoms with E-state index in [1.807, 2.05) is 18.2 Å². The molecular weight excluding hydrogens is 394 g/mol. The third-order valence-electron chi connectivity index (χ3n) is 6.21. The van der Waals surface area contributed by atoms with Gasteiger partial charge in [-0.3, -0.25) is 4.79 Å². The Morgan fingerprint density at radius 2 is 1.68 bits per heavy atom. The van der Waals surface area contributed by atoms with Gasteiger partial charge in [-0.15, -0.1) is 0 Å². The van der Waals surface area contributed by atoms with Crippen molar-refractivity contribution in [3.05, 3.63) is 35.9 Å². The summed E-state index contributed by atoms with van der Waals surface area (Å²) >= 11 is 0. The minimum atomic E-state index is 0.0977. The Kier molecular flexibility index (Phi) is 5.64. The van der Waals surface area contributed by atoms with Crippen molar-refractivity contribution in [3.63, 3.8) is 0 Å². The number of nitrogens with zero attached hydrogens (tertiary/aromatic N) is 6. The highest BCUT2D eigenvalue weighted by molar-refractivity contribution is 5.79. The third kappa shape index (κ3) is 4.30. The van der Waals surface area contributed by atoms with Gasteiger partial charge in [0.25, 0.3) is 0 Å². The van der Waals surface area contributed by atoms with E-state index in [0.717, 1.165) is 63.2 Å². The molecule has 9 heteroatoms. The molecule has 0 radical (unpaired) electrons. The molecule has 0 spiro atoms. The van der Waals surface area contributed by atoms with E-state index in [0.29, 0.717) is 29.6 Å². The van der Waals surface area contributed by atoms with E-state index >= 15 is 0 Å². The zero-order valence-electron chi connectivity index (χ0n) is 17.5. The van der Waals surface area contributed by atoms with E-state index in [1.165, 1.54) is 6.42 Å². The third-order valence-corrected chi connectivity index (χ3v) is 6.21. The minimum absolute atomic E-state index is 0.0977. The Balaban J connectivity index is 1.30. The molecule has 3 aromatic rings. The number of fused-ring (bicyclic) bond motifs is 1. The summed E-state index contributed by atoms with van der Waals surface area (Å²) in [4.78, 5) is 26.4. The maximum absolute atomic E-state index is 12.9. The van der Waals surface area contributed by atoms with E-state index in [9.17, 15) is 4.79 Å². The molecule has 1 aromatic carbocycles. The van der Waals surface area contributed by atoms with Crippen LogP contribution in [0.5, 0.6) is 0 Å². The zero-order chi connectivity index (χ0) is 21.0. The highest BCUT2D eigenvalue weighted by Gasteiger charge is 2.31. The molecule has 0 aliphatic carbocycles. The van der Waals surface area contributed by atoms with Gasteiger partial charge in [0.15, 0.2) is 11.6 Å². The second-order valence-electron chi connectivity index (χ2n) is 8.29. The molecule has 2 fully saturated rings. The summed E-state index contributed by atoms with van der Waals surface area (Å²) < 4.78 is 4.82. The second-order valence-corrected chi connectivity index (χ2v) is 8.29. The van der Waals surface area contributed by atoms with Crippen LogP contribution in [0.15, 0.2) is 35.0 Å². The van der Waals surface area contributed by atoms with Crippen LogP contribution in [0.1, 0.15) is 37.7 Å². The summed E-state index contributed by atoms with van der Waals surface area (Å²) in [6.07, 6.45) is 5.14. The van der Waals surface area contributed by atoms with Gasteiger partial charge in [-0.1, -0.05) is 30.3 Å². The number of carbonyl (C=O) groups excluding carboxylic acids is 1. The number of likely N-dealkylation sites (tertiary alicyclic amines) is 1. The molecule has 1 amide bonds. The maximum Gasteiger partial charge on any atom is 0.245 e. The molecule has 0 saturated carbocycles. The Morgan fingerprint density at radius 1 is 0.968 bits per heavy atom. The smallest absolute Gasteiger partial charge is 0.245 e. The molecule has 162 valence electrons. The van der Waals surface area contributed by atoms with Crippen LogP contribution in [0.2, 0.25) is 0 Å². The lowest BCUT2D eigenvalue weighted by atomic mass is 9.94. The Labute approximate surface area is 180 Å². The van der Waals surface area contributed by atoms with Gasteiger partial charge in [-0.25, -0.2) is 14.6 Å². The number of amides is 1. The molecule has 9 nitrogen and oxygen atoms in total. The highest BCUT2D eigenvalue weighted by atomic mass is 16.6. The zero-order valence-corrected chi connectivity index (χ0v) is 17.5. The van der Waals surface area contributed by atoms with Gasteiger partial charge in [0, 0.05) is 38.6 Å². The summed E-state index contributed by atoms with van der Waals surface area (Å²) in [7, 11) is 0. The van der Waals surface area contributed by atoms with Crippen molar-refractivity contribution >= 4 is 28.8 Å². The topological polar surface area (TPSA) is 100 Å². The van der Waals surface area contributed by atoms with E-state index in [4.69, 9.17) is 4.63 Å². The maximum atomic E-state index is 12.9. The number of anilines is 2. The number of rotatable bonds is 5. The summed E-state index contributed by atoms with van der Waals surface area (Å²) in [5.41, 5.74) is 1.93. The fourth-order valence-corrected chi connectivity index (χ4v) is 4.46. The molecule has 31 heavy (non-hydrogen) atoms. The van der Waals surface area contributed by atoms with Crippen molar-refractivity contribution in [1.29, 1.82) is 0 Å². The number of piperidine rings is 2. The minimum Gasteiger partial charge on any atom is -0.363 e. The molecule has 1 N–H and O–H groups in total. The van der Waals surface area contributed by atoms with Gasteiger partial charge in [0.1, 0.15) is 0 Å². The molecule has 4 heterocycles. The largest absolute Gasteiger partial charge is 0.363 e. The van der Waals surface area contributed by atoms with Crippen LogP contribution >= 0.6 is 0 Å². The SMILES string of the molecule is O=C(C1CCN(c2nc3nonc3nc2NCc2ccccc2)CC1)N1CCCCC1. The summed E-state index contributed by atoms with van der Waals surface area (Å²) in [5.74, 6) is 1.82. The van der Waals surface area contributed by atoms with Gasteiger partial charge in [0.05, 0.1) is 0 Å². The first-order valence-corrected chi connectivity index (χ1v) is 11.1. The van der Waals surface area contributed by atoms with E-state index < -0.39 is 0 Å². The lowest BCUT2D eigenvalue weighted by molar-refractivity contribution is -0.137. The van der Waals surface area contributed by atoms with Gasteiger partial charge in [0.2, 0.25) is 17.2 Å². The van der Waals surface area contributed by atoms with Crippen LogP contribution in [-0.2, 0) is 11.3 Å². The number of benzene rings is 1. The summed E-state index contributed by atoms with van der Waals surface area (Å²) in [6.45, 7) is 3.97. The standard InChI is InChI=1S/C22H27N7O2/c30-22(29-11-5-2-6-12-29)17-9-13-28(14-10-17)21-20(23-15-16-7-3-1-4-8-16)24-18-19(25-21)27-31-26-18/h1,3-4,7-8,17H,2,5-6,9-15H2,(H,23,24,26). The highest BCUT2D eigenvalue weighted by Crippen LogP contribution is 2.30. The molecule has 2 aliphatic heterocycles. The normalized spacial score (nSPS) is 17.8. The van der Waals surface area contributed by atoms with Crippen LogP contribution in [0.25, 0.3) is 11.3 Å². The van der Waals surface area contributed by atoms with Gasteiger partial charge < -0.3 is 15.1 Å². The van der Waals surface area contributed by atoms with Crippen molar-refractivity contribution in [3.8, 4) is 0 Å². The van der Waals surface area contributed by atoms with Crippen molar-refractivity contribution in [2.45, 2.75) is 38.6 Å². The quantitative estimate of drug-likeness (QED) is 0.671. The van der Waals surface area contributed by atoms with E-state index in [2.05, 4.69) is 47.5 Å². The van der Waals surface area contributed by atoms with Gasteiger partial charge >= 0.3 is 0 Å². The Hall–Kier alpha value is -3.23. The fraction of sp³-hybridized carbons (Fsp3) is 0.500. The second kappa shape index (κ2) is 8.87. The first-order valence-electron chi connectivity index (χ1n) is 11.1. The monoisotopic (exact) mass is 421 g/mol. The van der Waals surface area contributed by atoms with Crippen LogP contribution in [0.4, 0.5) is 11.6 Å². The number of hydrogen-bond acceptors (Lipinski definition) is 8. The molecule has 5 rings (SSSR count). The van der Waals surface area contributed by atoms with Crippen LogP contribution in [0, 0.1) is 5.92 Å². The molecule has 0 unspecified atom stereocenters. The van der Waals surface area contributed by atoms with Gasteiger partial charge in [-0.05, 0) is 48.0 Å². The number of hydrogen-bond donors (Lipinski definition) is 1. The average Bonchev–Trinajstić information content (AvgIpc) is 3.30. The molecule has 2 saturated heterocycles.